The number of carbonyl (C=O) groups excluding carboxylic acids is 1. The normalized spacial score (nSPS) is 10.3. The lowest BCUT2D eigenvalue weighted by Gasteiger charge is -2.06. The third kappa shape index (κ3) is 13.7. The number of ether oxygens (including phenoxy) is 2. The van der Waals surface area contributed by atoms with Gasteiger partial charge >= 0.3 is 5.97 Å². The van der Waals surface area contributed by atoms with E-state index in [1.54, 1.807) is 0 Å². The van der Waals surface area contributed by atoms with Crippen molar-refractivity contribution in [1.29, 1.82) is 0 Å². The summed E-state index contributed by atoms with van der Waals surface area (Å²) in [6.07, 6.45) is 0.613. The number of alkyl halides is 1. The van der Waals surface area contributed by atoms with E-state index < -0.39 is 5.97 Å². The van der Waals surface area contributed by atoms with Gasteiger partial charge in [-0.2, -0.15) is 0 Å². The molecule has 0 saturated heterocycles. The molecule has 0 bridgehead atoms. The molecule has 7 heteroatoms. The van der Waals surface area contributed by atoms with Gasteiger partial charge in [0.15, 0.2) is 0 Å². The highest BCUT2D eigenvalue weighted by Gasteiger charge is 2.03. The van der Waals surface area contributed by atoms with Crippen LogP contribution in [-0.4, -0.2) is 54.4 Å². The Bertz CT molecular complexity index is 237. The molecule has 6 nitrogen and oxygen atoms in total. The number of carbonyl (C=O) groups is 2. The zero-order chi connectivity index (χ0) is 13.6. The third-order valence-corrected chi connectivity index (χ3v) is 2.39. The van der Waals surface area contributed by atoms with Crippen LogP contribution in [-0.2, 0) is 19.1 Å². The summed E-state index contributed by atoms with van der Waals surface area (Å²) in [5, 5.41) is 11.0. The molecule has 0 rings (SSSR count). The Morgan fingerprint density at radius 2 is 1.72 bits per heavy atom. The first-order valence-electron chi connectivity index (χ1n) is 5.86. The van der Waals surface area contributed by atoms with E-state index in [1.165, 1.54) is 0 Å². The van der Waals surface area contributed by atoms with Crippen LogP contribution in [0.25, 0.3) is 0 Å². The number of hydrogen-bond acceptors (Lipinski definition) is 4. The topological polar surface area (TPSA) is 84.9 Å². The molecule has 0 aliphatic rings. The molecular formula is C11H20INO5. The van der Waals surface area contributed by atoms with E-state index in [1.807, 2.05) is 0 Å². The maximum absolute atomic E-state index is 11.1. The lowest BCUT2D eigenvalue weighted by atomic mass is 10.3. The van der Waals surface area contributed by atoms with Crippen molar-refractivity contribution in [3.05, 3.63) is 0 Å². The van der Waals surface area contributed by atoms with E-state index in [9.17, 15) is 9.59 Å². The first-order chi connectivity index (χ1) is 8.66. The Balaban J connectivity index is 3.15. The third-order valence-electron chi connectivity index (χ3n) is 1.95. The van der Waals surface area contributed by atoms with Gasteiger partial charge in [-0.1, -0.05) is 22.6 Å². The molecule has 106 valence electrons. The summed E-state index contributed by atoms with van der Waals surface area (Å²) in [7, 11) is 0. The number of carboxylic acids is 1. The highest BCUT2D eigenvalue weighted by atomic mass is 127. The van der Waals surface area contributed by atoms with Gasteiger partial charge in [0.25, 0.3) is 0 Å². The molecule has 0 atom stereocenters. The van der Waals surface area contributed by atoms with Crippen LogP contribution < -0.4 is 5.32 Å². The van der Waals surface area contributed by atoms with Crippen molar-refractivity contribution < 1.29 is 24.2 Å². The van der Waals surface area contributed by atoms with Crippen molar-refractivity contribution in [1.82, 2.24) is 5.32 Å². The van der Waals surface area contributed by atoms with Gasteiger partial charge in [0.1, 0.15) is 0 Å². The van der Waals surface area contributed by atoms with Crippen LogP contribution in [0, 0.1) is 0 Å². The lowest BCUT2D eigenvalue weighted by molar-refractivity contribution is -0.138. The minimum absolute atomic E-state index is 0.0281. The second kappa shape index (κ2) is 13.0. The summed E-state index contributed by atoms with van der Waals surface area (Å²) in [6, 6.07) is 0. The van der Waals surface area contributed by atoms with Gasteiger partial charge in [0.2, 0.25) is 5.91 Å². The molecule has 1 amide bonds. The largest absolute Gasteiger partial charge is 0.481 e. The molecule has 18 heavy (non-hydrogen) atoms. The van der Waals surface area contributed by atoms with Crippen LogP contribution in [0.5, 0.6) is 0 Å². The van der Waals surface area contributed by atoms with Crippen molar-refractivity contribution in [2.75, 3.05) is 37.4 Å². The smallest absolute Gasteiger partial charge is 0.303 e. The summed E-state index contributed by atoms with van der Waals surface area (Å²) in [5.41, 5.74) is 0. The van der Waals surface area contributed by atoms with Crippen LogP contribution in [0.4, 0.5) is 0 Å². The van der Waals surface area contributed by atoms with Crippen molar-refractivity contribution in [2.24, 2.45) is 0 Å². The number of aliphatic carboxylic acids is 1. The first-order valence-corrected chi connectivity index (χ1v) is 7.39. The molecule has 0 aromatic heterocycles. The predicted octanol–water partition coefficient (Wildman–Crippen LogP) is 0.826. The molecule has 0 unspecified atom stereocenters. The van der Waals surface area contributed by atoms with Gasteiger partial charge in [-0.3, -0.25) is 9.59 Å². The van der Waals surface area contributed by atoms with Gasteiger partial charge < -0.3 is 19.9 Å². The van der Waals surface area contributed by atoms with E-state index in [0.29, 0.717) is 32.8 Å². The second-order valence-electron chi connectivity index (χ2n) is 3.51. The monoisotopic (exact) mass is 373 g/mol. The van der Waals surface area contributed by atoms with E-state index in [0.717, 1.165) is 11.0 Å². The van der Waals surface area contributed by atoms with Gasteiger partial charge in [-0.05, 0) is 6.42 Å². The average Bonchev–Trinajstić information content (AvgIpc) is 2.34. The summed E-state index contributed by atoms with van der Waals surface area (Å²) < 4.78 is 11.5. The fraction of sp³-hybridized carbons (Fsp3) is 0.818. The molecule has 0 saturated carbocycles. The van der Waals surface area contributed by atoms with Gasteiger partial charge in [-0.15, -0.1) is 0 Å². The molecule has 0 aliphatic carbocycles. The number of hydrogen-bond donors (Lipinski definition) is 2. The van der Waals surface area contributed by atoms with Crippen molar-refractivity contribution in [3.63, 3.8) is 0 Å². The van der Waals surface area contributed by atoms with Crippen LogP contribution in [0.3, 0.4) is 0 Å². The summed E-state index contributed by atoms with van der Waals surface area (Å²) >= 11 is 2.24. The van der Waals surface area contributed by atoms with E-state index in [4.69, 9.17) is 14.6 Å². The van der Waals surface area contributed by atoms with E-state index in [2.05, 4.69) is 27.9 Å². The number of amides is 1. The molecular weight excluding hydrogens is 353 g/mol. The number of nitrogens with one attached hydrogen (secondary N) is 1. The molecule has 0 radical (unpaired) electrons. The van der Waals surface area contributed by atoms with Crippen LogP contribution in [0.15, 0.2) is 0 Å². The van der Waals surface area contributed by atoms with Gasteiger partial charge in [0, 0.05) is 24.0 Å². The summed E-state index contributed by atoms with van der Waals surface area (Å²) in [4.78, 5) is 21.3. The maximum atomic E-state index is 11.1. The molecule has 0 aromatic carbocycles. The van der Waals surface area contributed by atoms with Crippen molar-refractivity contribution >= 4 is 34.5 Å². The van der Waals surface area contributed by atoms with Crippen LogP contribution in [0.1, 0.15) is 19.3 Å². The molecule has 2 N–H and O–H groups in total. The zero-order valence-corrected chi connectivity index (χ0v) is 12.5. The molecule has 0 aliphatic heterocycles. The fourth-order valence-corrected chi connectivity index (χ4v) is 1.40. The maximum Gasteiger partial charge on any atom is 0.303 e. The molecule has 0 aromatic rings. The summed E-state index contributed by atoms with van der Waals surface area (Å²) in [6.45, 7) is 2.96. The number of halogens is 1. The Labute approximate surface area is 121 Å². The predicted molar refractivity (Wildman–Crippen MR) is 75.0 cm³/mol. The minimum Gasteiger partial charge on any atom is -0.481 e. The van der Waals surface area contributed by atoms with E-state index in [-0.39, 0.29) is 18.7 Å². The quantitative estimate of drug-likeness (QED) is 0.301. The Kier molecular flexibility index (Phi) is 12.7. The average molecular weight is 373 g/mol. The SMILES string of the molecule is O=C(O)CCC(=O)NCCCOCCOCCI. The fourth-order valence-electron chi connectivity index (χ4n) is 1.09. The highest BCUT2D eigenvalue weighted by molar-refractivity contribution is 14.1. The highest BCUT2D eigenvalue weighted by Crippen LogP contribution is 1.89. The standard InChI is InChI=1S/C11H20INO5/c12-4-7-18-9-8-17-6-1-5-13-10(14)2-3-11(15)16/h1-9H2,(H,13,14)(H,15,16). The van der Waals surface area contributed by atoms with Gasteiger partial charge in [-0.25, -0.2) is 0 Å². The molecule has 0 spiro atoms. The molecule has 0 heterocycles. The lowest BCUT2D eigenvalue weighted by Crippen LogP contribution is -2.25. The van der Waals surface area contributed by atoms with Crippen LogP contribution in [0.2, 0.25) is 0 Å². The number of rotatable bonds is 12. The zero-order valence-electron chi connectivity index (χ0n) is 10.3. The van der Waals surface area contributed by atoms with Gasteiger partial charge in [0.05, 0.1) is 26.2 Å². The minimum atomic E-state index is -0.958. The molecule has 0 fully saturated rings. The van der Waals surface area contributed by atoms with Crippen molar-refractivity contribution in [2.45, 2.75) is 19.3 Å². The Morgan fingerprint density at radius 1 is 1.06 bits per heavy atom. The Hall–Kier alpha value is -0.410. The second-order valence-corrected chi connectivity index (χ2v) is 4.59. The first kappa shape index (κ1) is 17.6. The van der Waals surface area contributed by atoms with Crippen LogP contribution >= 0.6 is 22.6 Å². The summed E-state index contributed by atoms with van der Waals surface area (Å²) in [5.74, 6) is -1.19. The number of carboxylic acid groups (broad SMARTS) is 1. The van der Waals surface area contributed by atoms with E-state index >= 15 is 0 Å². The Morgan fingerprint density at radius 3 is 2.33 bits per heavy atom. The van der Waals surface area contributed by atoms with Crippen molar-refractivity contribution in [3.8, 4) is 0 Å².